The third-order valence-electron chi connectivity index (χ3n) is 3.04. The molecule has 5 nitrogen and oxygen atoms in total. The standard InChI is InChI=1S/C15H13N3O2/c1-10-6-7-16-9-13(10)15-17-14(20-18-15)8-11-2-4-12(19)5-3-11/h2-7,9,19H,8H2,1H3. The van der Waals surface area contributed by atoms with Crippen LogP contribution in [0, 0.1) is 6.92 Å². The van der Waals surface area contributed by atoms with Crippen molar-refractivity contribution in [3.8, 4) is 17.1 Å². The number of hydrogen-bond acceptors (Lipinski definition) is 5. The molecule has 0 bridgehead atoms. The van der Waals surface area contributed by atoms with Gasteiger partial charge in [-0.05, 0) is 36.2 Å². The molecule has 0 fully saturated rings. The highest BCUT2D eigenvalue weighted by atomic mass is 16.5. The molecule has 0 amide bonds. The van der Waals surface area contributed by atoms with Crippen LogP contribution in [-0.4, -0.2) is 20.2 Å². The topological polar surface area (TPSA) is 72.0 Å². The molecule has 0 saturated carbocycles. The van der Waals surface area contributed by atoms with E-state index in [9.17, 15) is 5.11 Å². The molecule has 1 N–H and O–H groups in total. The zero-order chi connectivity index (χ0) is 13.9. The molecule has 2 heterocycles. The normalized spacial score (nSPS) is 10.7. The Kier molecular flexibility index (Phi) is 3.16. The van der Waals surface area contributed by atoms with Gasteiger partial charge >= 0.3 is 0 Å². The first-order valence-corrected chi connectivity index (χ1v) is 6.24. The van der Waals surface area contributed by atoms with Gasteiger partial charge in [-0.25, -0.2) is 0 Å². The molecule has 0 aliphatic rings. The van der Waals surface area contributed by atoms with E-state index in [4.69, 9.17) is 4.52 Å². The molecule has 0 aliphatic heterocycles. The van der Waals surface area contributed by atoms with E-state index < -0.39 is 0 Å². The van der Waals surface area contributed by atoms with Gasteiger partial charge in [0.15, 0.2) is 0 Å². The van der Waals surface area contributed by atoms with Crippen LogP contribution in [0.4, 0.5) is 0 Å². The molecule has 0 radical (unpaired) electrons. The van der Waals surface area contributed by atoms with Crippen LogP contribution in [-0.2, 0) is 6.42 Å². The van der Waals surface area contributed by atoms with Crippen molar-refractivity contribution in [3.63, 3.8) is 0 Å². The lowest BCUT2D eigenvalue weighted by atomic mass is 10.1. The molecule has 0 atom stereocenters. The van der Waals surface area contributed by atoms with Crippen LogP contribution < -0.4 is 0 Å². The molecular weight excluding hydrogens is 254 g/mol. The Morgan fingerprint density at radius 1 is 1.15 bits per heavy atom. The minimum absolute atomic E-state index is 0.242. The summed E-state index contributed by atoms with van der Waals surface area (Å²) in [7, 11) is 0. The summed E-state index contributed by atoms with van der Waals surface area (Å²) < 4.78 is 5.26. The maximum atomic E-state index is 9.25. The van der Waals surface area contributed by atoms with Gasteiger partial charge in [0, 0.05) is 18.0 Å². The van der Waals surface area contributed by atoms with Crippen molar-refractivity contribution >= 4 is 0 Å². The van der Waals surface area contributed by atoms with Gasteiger partial charge < -0.3 is 9.63 Å². The smallest absolute Gasteiger partial charge is 0.231 e. The van der Waals surface area contributed by atoms with Gasteiger partial charge in [-0.2, -0.15) is 4.98 Å². The highest BCUT2D eigenvalue weighted by Gasteiger charge is 2.11. The summed E-state index contributed by atoms with van der Waals surface area (Å²) in [5, 5.41) is 13.2. The van der Waals surface area contributed by atoms with Gasteiger partial charge in [0.2, 0.25) is 11.7 Å². The maximum Gasteiger partial charge on any atom is 0.231 e. The predicted octanol–water partition coefficient (Wildman–Crippen LogP) is 2.74. The monoisotopic (exact) mass is 267 g/mol. The Morgan fingerprint density at radius 2 is 1.95 bits per heavy atom. The lowest BCUT2D eigenvalue weighted by Crippen LogP contribution is -1.89. The van der Waals surface area contributed by atoms with Crippen molar-refractivity contribution in [2.75, 3.05) is 0 Å². The molecule has 0 spiro atoms. The summed E-state index contributed by atoms with van der Waals surface area (Å²) in [6, 6.07) is 8.84. The number of rotatable bonds is 3. The van der Waals surface area contributed by atoms with Crippen LogP contribution in [0.5, 0.6) is 5.75 Å². The van der Waals surface area contributed by atoms with E-state index in [1.807, 2.05) is 25.1 Å². The van der Waals surface area contributed by atoms with E-state index in [0.29, 0.717) is 18.1 Å². The third kappa shape index (κ3) is 2.51. The molecular formula is C15H13N3O2. The maximum absolute atomic E-state index is 9.25. The Balaban J connectivity index is 1.84. The van der Waals surface area contributed by atoms with Crippen LogP contribution in [0.3, 0.4) is 0 Å². The van der Waals surface area contributed by atoms with Gasteiger partial charge in [0.25, 0.3) is 0 Å². The molecule has 1 aromatic carbocycles. The molecule has 0 saturated heterocycles. The minimum atomic E-state index is 0.242. The second-order valence-corrected chi connectivity index (χ2v) is 4.55. The summed E-state index contributed by atoms with van der Waals surface area (Å²) >= 11 is 0. The van der Waals surface area contributed by atoms with Gasteiger partial charge in [0.05, 0.1) is 6.42 Å². The number of aryl methyl sites for hydroxylation is 1. The number of nitrogens with zero attached hydrogens (tertiary/aromatic N) is 3. The zero-order valence-corrected chi connectivity index (χ0v) is 10.9. The van der Waals surface area contributed by atoms with Gasteiger partial charge in [-0.3, -0.25) is 4.98 Å². The molecule has 5 heteroatoms. The largest absolute Gasteiger partial charge is 0.508 e. The molecule has 0 unspecified atom stereocenters. The lowest BCUT2D eigenvalue weighted by molar-refractivity contribution is 0.385. The van der Waals surface area contributed by atoms with Gasteiger partial charge in [0.1, 0.15) is 5.75 Å². The molecule has 100 valence electrons. The summed E-state index contributed by atoms with van der Waals surface area (Å²) in [4.78, 5) is 8.45. The van der Waals surface area contributed by atoms with Crippen molar-refractivity contribution in [1.82, 2.24) is 15.1 Å². The van der Waals surface area contributed by atoms with E-state index in [0.717, 1.165) is 16.7 Å². The van der Waals surface area contributed by atoms with Crippen LogP contribution in [0.2, 0.25) is 0 Å². The summed E-state index contributed by atoms with van der Waals surface area (Å²) in [5.41, 5.74) is 2.92. The third-order valence-corrected chi connectivity index (χ3v) is 3.04. The highest BCUT2D eigenvalue weighted by Crippen LogP contribution is 2.20. The Labute approximate surface area is 115 Å². The van der Waals surface area contributed by atoms with Crippen LogP contribution in [0.15, 0.2) is 47.2 Å². The van der Waals surface area contributed by atoms with Crippen molar-refractivity contribution in [1.29, 1.82) is 0 Å². The average molecular weight is 267 g/mol. The van der Waals surface area contributed by atoms with E-state index in [2.05, 4.69) is 15.1 Å². The first-order chi connectivity index (χ1) is 9.72. The molecule has 3 aromatic rings. The first-order valence-electron chi connectivity index (χ1n) is 6.24. The molecule has 3 rings (SSSR count). The van der Waals surface area contributed by atoms with Crippen molar-refractivity contribution in [2.24, 2.45) is 0 Å². The van der Waals surface area contributed by atoms with Crippen molar-refractivity contribution < 1.29 is 9.63 Å². The summed E-state index contributed by atoms with van der Waals surface area (Å²) in [5.74, 6) is 1.32. The molecule has 2 aromatic heterocycles. The fraction of sp³-hybridized carbons (Fsp3) is 0.133. The van der Waals surface area contributed by atoms with Crippen molar-refractivity contribution in [2.45, 2.75) is 13.3 Å². The average Bonchev–Trinajstić information content (AvgIpc) is 2.90. The van der Waals surface area contributed by atoms with Crippen molar-refractivity contribution in [3.05, 3.63) is 59.7 Å². The second-order valence-electron chi connectivity index (χ2n) is 4.55. The summed E-state index contributed by atoms with van der Waals surface area (Å²) in [6.45, 7) is 1.98. The Hall–Kier alpha value is -2.69. The van der Waals surface area contributed by atoms with E-state index in [-0.39, 0.29) is 5.75 Å². The number of phenols is 1. The summed E-state index contributed by atoms with van der Waals surface area (Å²) in [6.07, 6.45) is 3.99. The Morgan fingerprint density at radius 3 is 2.70 bits per heavy atom. The Bertz CT molecular complexity index is 720. The SMILES string of the molecule is Cc1ccncc1-c1noc(Cc2ccc(O)cc2)n1. The zero-order valence-electron chi connectivity index (χ0n) is 10.9. The van der Waals surface area contributed by atoms with E-state index in [1.165, 1.54) is 0 Å². The van der Waals surface area contributed by atoms with Crippen LogP contribution in [0.1, 0.15) is 17.0 Å². The van der Waals surface area contributed by atoms with E-state index in [1.54, 1.807) is 24.5 Å². The number of hydrogen-bond donors (Lipinski definition) is 1. The quantitative estimate of drug-likeness (QED) is 0.790. The second kappa shape index (κ2) is 5.13. The van der Waals surface area contributed by atoms with E-state index >= 15 is 0 Å². The molecule has 0 aliphatic carbocycles. The van der Waals surface area contributed by atoms with Crippen LogP contribution in [0.25, 0.3) is 11.4 Å². The first kappa shape index (κ1) is 12.3. The van der Waals surface area contributed by atoms with Gasteiger partial charge in [-0.1, -0.05) is 17.3 Å². The highest BCUT2D eigenvalue weighted by molar-refractivity contribution is 5.57. The lowest BCUT2D eigenvalue weighted by Gasteiger charge is -1.98. The predicted molar refractivity (Wildman–Crippen MR) is 73.2 cm³/mol. The number of aromatic nitrogens is 3. The number of pyridine rings is 1. The fourth-order valence-corrected chi connectivity index (χ4v) is 1.92. The van der Waals surface area contributed by atoms with Crippen LogP contribution >= 0.6 is 0 Å². The van der Waals surface area contributed by atoms with Gasteiger partial charge in [-0.15, -0.1) is 0 Å². The fourth-order valence-electron chi connectivity index (χ4n) is 1.92. The number of phenolic OH excluding ortho intramolecular Hbond substituents is 1. The molecule has 20 heavy (non-hydrogen) atoms. The minimum Gasteiger partial charge on any atom is -0.508 e. The number of benzene rings is 1. The number of aromatic hydroxyl groups is 1.